The van der Waals surface area contributed by atoms with Crippen LogP contribution < -0.4 is 10.5 Å². The van der Waals surface area contributed by atoms with Gasteiger partial charge in [-0.3, -0.25) is 0 Å². The molecule has 0 heterocycles. The molecule has 0 aliphatic heterocycles. The minimum atomic E-state index is 0.116. The summed E-state index contributed by atoms with van der Waals surface area (Å²) in [4.78, 5) is 0. The first kappa shape index (κ1) is 10.6. The maximum absolute atomic E-state index is 9.78. The van der Waals surface area contributed by atoms with Gasteiger partial charge in [-0.2, -0.15) is 0 Å². The molecule has 0 atom stereocenters. The molecule has 1 rings (SSSR count). The third kappa shape index (κ3) is 2.06. The molecule has 0 aliphatic rings. The molecule has 0 saturated heterocycles. The van der Waals surface area contributed by atoms with E-state index in [1.54, 1.807) is 18.2 Å². The minimum absolute atomic E-state index is 0.116. The van der Waals surface area contributed by atoms with Crippen LogP contribution >= 0.6 is 0 Å². The Kier molecular flexibility index (Phi) is 3.54. The van der Waals surface area contributed by atoms with Gasteiger partial charge in [-0.15, -0.1) is 0 Å². The summed E-state index contributed by atoms with van der Waals surface area (Å²) in [6.45, 7) is 6.47. The summed E-state index contributed by atoms with van der Waals surface area (Å²) in [6, 6.07) is 5.29. The molecule has 0 bridgehead atoms. The number of nitrogens with two attached hydrogens (primary N) is 1. The van der Waals surface area contributed by atoms with E-state index in [0.29, 0.717) is 30.0 Å². The van der Waals surface area contributed by atoms with Gasteiger partial charge in [0.15, 0.2) is 11.5 Å². The van der Waals surface area contributed by atoms with Gasteiger partial charge in [-0.25, -0.2) is 0 Å². The van der Waals surface area contributed by atoms with Crippen molar-refractivity contribution < 1.29 is 9.84 Å². The van der Waals surface area contributed by atoms with E-state index in [2.05, 4.69) is 6.58 Å². The number of rotatable bonds is 4. The molecule has 76 valence electrons. The van der Waals surface area contributed by atoms with Crippen molar-refractivity contribution >= 4 is 5.57 Å². The van der Waals surface area contributed by atoms with Crippen LogP contribution in [0.2, 0.25) is 0 Å². The van der Waals surface area contributed by atoms with E-state index in [-0.39, 0.29) is 5.75 Å². The summed E-state index contributed by atoms with van der Waals surface area (Å²) in [5.74, 6) is 0.587. The molecule has 0 aromatic heterocycles. The molecular formula is C11H15NO2. The standard InChI is InChI=1S/C11H15NO2/c1-3-14-10-6-4-5-9(11(10)13)8(2)7-12/h4-6,13H,2-3,7,12H2,1H3. The fourth-order valence-electron chi connectivity index (χ4n) is 1.19. The second-order valence-corrected chi connectivity index (χ2v) is 2.89. The van der Waals surface area contributed by atoms with Crippen molar-refractivity contribution in [2.45, 2.75) is 6.92 Å². The van der Waals surface area contributed by atoms with E-state index in [9.17, 15) is 5.11 Å². The lowest BCUT2D eigenvalue weighted by molar-refractivity contribution is 0.318. The number of benzene rings is 1. The van der Waals surface area contributed by atoms with Crippen LogP contribution in [0.5, 0.6) is 11.5 Å². The zero-order valence-electron chi connectivity index (χ0n) is 8.29. The van der Waals surface area contributed by atoms with Gasteiger partial charge in [0.2, 0.25) is 0 Å². The van der Waals surface area contributed by atoms with Crippen molar-refractivity contribution in [1.82, 2.24) is 0 Å². The van der Waals surface area contributed by atoms with Crippen molar-refractivity contribution in [2.24, 2.45) is 5.73 Å². The van der Waals surface area contributed by atoms with Crippen LogP contribution in [0.3, 0.4) is 0 Å². The van der Waals surface area contributed by atoms with Gasteiger partial charge in [-0.1, -0.05) is 18.7 Å². The zero-order chi connectivity index (χ0) is 10.6. The Morgan fingerprint density at radius 2 is 2.29 bits per heavy atom. The second-order valence-electron chi connectivity index (χ2n) is 2.89. The number of phenolic OH excluding ortho intramolecular Hbond substituents is 1. The highest BCUT2D eigenvalue weighted by Crippen LogP contribution is 2.33. The SMILES string of the molecule is C=C(CN)c1cccc(OCC)c1O. The van der Waals surface area contributed by atoms with Crippen LogP contribution in [0.1, 0.15) is 12.5 Å². The first-order chi connectivity index (χ1) is 6.70. The molecule has 0 spiro atoms. The van der Waals surface area contributed by atoms with Crippen LogP contribution in [0, 0.1) is 0 Å². The van der Waals surface area contributed by atoms with Crippen LogP contribution in [-0.2, 0) is 0 Å². The summed E-state index contributed by atoms with van der Waals surface area (Å²) in [6.07, 6.45) is 0. The molecule has 3 heteroatoms. The molecule has 3 N–H and O–H groups in total. The van der Waals surface area contributed by atoms with E-state index in [4.69, 9.17) is 10.5 Å². The Morgan fingerprint density at radius 1 is 1.57 bits per heavy atom. The zero-order valence-corrected chi connectivity index (χ0v) is 8.29. The number of aromatic hydroxyl groups is 1. The van der Waals surface area contributed by atoms with Crippen LogP contribution in [0.4, 0.5) is 0 Å². The highest BCUT2D eigenvalue weighted by atomic mass is 16.5. The number of hydrogen-bond acceptors (Lipinski definition) is 3. The minimum Gasteiger partial charge on any atom is -0.504 e. The monoisotopic (exact) mass is 193 g/mol. The number of phenols is 1. The van der Waals surface area contributed by atoms with Gasteiger partial charge < -0.3 is 15.6 Å². The van der Waals surface area contributed by atoms with Gasteiger partial charge in [0.05, 0.1) is 6.61 Å². The van der Waals surface area contributed by atoms with Crippen molar-refractivity contribution in [3.8, 4) is 11.5 Å². The number of ether oxygens (including phenoxy) is 1. The normalized spacial score (nSPS) is 9.86. The highest BCUT2D eigenvalue weighted by Gasteiger charge is 2.08. The second kappa shape index (κ2) is 4.67. The van der Waals surface area contributed by atoms with E-state index < -0.39 is 0 Å². The third-order valence-corrected chi connectivity index (χ3v) is 1.93. The maximum Gasteiger partial charge on any atom is 0.165 e. The fraction of sp³-hybridized carbons (Fsp3) is 0.273. The average molecular weight is 193 g/mol. The summed E-state index contributed by atoms with van der Waals surface area (Å²) < 4.78 is 5.24. The van der Waals surface area contributed by atoms with Crippen LogP contribution in [-0.4, -0.2) is 18.3 Å². The summed E-state index contributed by atoms with van der Waals surface area (Å²) in [7, 11) is 0. The van der Waals surface area contributed by atoms with E-state index in [1.807, 2.05) is 6.92 Å². The van der Waals surface area contributed by atoms with Crippen molar-refractivity contribution in [1.29, 1.82) is 0 Å². The van der Waals surface area contributed by atoms with Gasteiger partial charge in [0, 0.05) is 12.1 Å². The summed E-state index contributed by atoms with van der Waals surface area (Å²) >= 11 is 0. The number of para-hydroxylation sites is 1. The molecule has 3 nitrogen and oxygen atoms in total. The maximum atomic E-state index is 9.78. The van der Waals surface area contributed by atoms with Gasteiger partial charge >= 0.3 is 0 Å². The highest BCUT2D eigenvalue weighted by molar-refractivity contribution is 5.72. The molecule has 1 aromatic rings. The largest absolute Gasteiger partial charge is 0.504 e. The Balaban J connectivity index is 3.07. The topological polar surface area (TPSA) is 55.5 Å². The summed E-state index contributed by atoms with van der Waals surface area (Å²) in [5.41, 5.74) is 6.80. The summed E-state index contributed by atoms with van der Waals surface area (Å²) in [5, 5.41) is 9.78. The fourth-order valence-corrected chi connectivity index (χ4v) is 1.19. The van der Waals surface area contributed by atoms with Crippen LogP contribution in [0.25, 0.3) is 5.57 Å². The smallest absolute Gasteiger partial charge is 0.165 e. The molecule has 0 fully saturated rings. The third-order valence-electron chi connectivity index (χ3n) is 1.93. The molecule has 0 amide bonds. The van der Waals surface area contributed by atoms with E-state index >= 15 is 0 Å². The molecular weight excluding hydrogens is 178 g/mol. The Hall–Kier alpha value is -1.48. The molecule has 0 aliphatic carbocycles. The predicted octanol–water partition coefficient (Wildman–Crippen LogP) is 1.76. The number of hydrogen-bond donors (Lipinski definition) is 2. The van der Waals surface area contributed by atoms with Crippen molar-refractivity contribution in [3.63, 3.8) is 0 Å². The lowest BCUT2D eigenvalue weighted by Gasteiger charge is -2.10. The lowest BCUT2D eigenvalue weighted by Crippen LogP contribution is -2.02. The first-order valence-corrected chi connectivity index (χ1v) is 4.53. The Morgan fingerprint density at radius 3 is 2.86 bits per heavy atom. The van der Waals surface area contributed by atoms with E-state index in [0.717, 1.165) is 0 Å². The molecule has 0 saturated carbocycles. The quantitative estimate of drug-likeness (QED) is 0.766. The predicted molar refractivity (Wildman–Crippen MR) is 57.4 cm³/mol. The van der Waals surface area contributed by atoms with Crippen molar-refractivity contribution in [3.05, 3.63) is 30.3 Å². The Bertz CT molecular complexity index is 334. The molecule has 14 heavy (non-hydrogen) atoms. The molecule has 0 unspecified atom stereocenters. The van der Waals surface area contributed by atoms with Crippen LogP contribution in [0.15, 0.2) is 24.8 Å². The van der Waals surface area contributed by atoms with E-state index in [1.165, 1.54) is 0 Å². The first-order valence-electron chi connectivity index (χ1n) is 4.53. The molecule has 1 aromatic carbocycles. The van der Waals surface area contributed by atoms with Gasteiger partial charge in [0.25, 0.3) is 0 Å². The average Bonchev–Trinajstić information content (AvgIpc) is 2.20. The van der Waals surface area contributed by atoms with Crippen molar-refractivity contribution in [2.75, 3.05) is 13.2 Å². The van der Waals surface area contributed by atoms with Gasteiger partial charge in [0.1, 0.15) is 0 Å². The molecule has 0 radical (unpaired) electrons. The Labute approximate surface area is 83.8 Å². The lowest BCUT2D eigenvalue weighted by atomic mass is 10.1. The van der Waals surface area contributed by atoms with Gasteiger partial charge in [-0.05, 0) is 18.6 Å².